The quantitative estimate of drug-likeness (QED) is 0.561. The van der Waals surface area contributed by atoms with Crippen molar-refractivity contribution in [1.29, 1.82) is 5.26 Å². The van der Waals surface area contributed by atoms with Crippen LogP contribution >= 0.6 is 0 Å². The Morgan fingerprint density at radius 1 is 1.23 bits per heavy atom. The molecule has 9 heteroatoms. The molecule has 1 N–H and O–H groups in total. The molecule has 4 rings (SSSR count). The van der Waals surface area contributed by atoms with Crippen molar-refractivity contribution in [1.82, 2.24) is 24.6 Å². The Hall–Kier alpha value is -3.74. The van der Waals surface area contributed by atoms with Gasteiger partial charge in [-0.3, -0.25) is 4.79 Å². The van der Waals surface area contributed by atoms with Crippen LogP contribution in [0.15, 0.2) is 42.7 Å². The predicted molar refractivity (Wildman–Crippen MR) is 131 cm³/mol. The molecule has 35 heavy (non-hydrogen) atoms. The minimum atomic E-state index is -0.0713. The molecule has 182 valence electrons. The summed E-state index contributed by atoms with van der Waals surface area (Å²) < 4.78 is 6.49. The summed E-state index contributed by atoms with van der Waals surface area (Å²) in [6, 6.07) is 11.0. The lowest BCUT2D eigenvalue weighted by atomic mass is 10.0. The van der Waals surface area contributed by atoms with E-state index in [4.69, 9.17) is 10.00 Å². The fourth-order valence-corrected chi connectivity index (χ4v) is 4.49. The van der Waals surface area contributed by atoms with Gasteiger partial charge in [0, 0.05) is 46.0 Å². The SMILES string of the molecule is COCCN1CCC(N(C)C(=O)c2ccc(-n3ncc(-c4ccc(C#N)cc4C)c3O)nc2)CC1. The molecule has 1 saturated heterocycles. The molecule has 3 aromatic rings. The van der Waals surface area contributed by atoms with Crippen molar-refractivity contribution >= 4 is 5.91 Å². The lowest BCUT2D eigenvalue weighted by Gasteiger charge is -2.36. The molecule has 3 heterocycles. The third kappa shape index (κ3) is 5.19. The van der Waals surface area contributed by atoms with E-state index in [0.717, 1.165) is 50.2 Å². The monoisotopic (exact) mass is 474 g/mol. The number of amides is 1. The molecule has 0 atom stereocenters. The first kappa shape index (κ1) is 24.4. The van der Waals surface area contributed by atoms with E-state index in [-0.39, 0.29) is 17.8 Å². The molecule has 1 aliphatic rings. The van der Waals surface area contributed by atoms with Crippen LogP contribution < -0.4 is 0 Å². The Morgan fingerprint density at radius 2 is 2.00 bits per heavy atom. The number of aromatic nitrogens is 3. The van der Waals surface area contributed by atoms with Gasteiger partial charge < -0.3 is 19.6 Å². The van der Waals surface area contributed by atoms with Gasteiger partial charge in [0.05, 0.1) is 35.6 Å². The van der Waals surface area contributed by atoms with E-state index in [2.05, 4.69) is 21.1 Å². The minimum absolute atomic E-state index is 0.0539. The van der Waals surface area contributed by atoms with Crippen LogP contribution in [0.1, 0.15) is 34.3 Å². The number of hydrogen-bond acceptors (Lipinski definition) is 7. The van der Waals surface area contributed by atoms with Gasteiger partial charge >= 0.3 is 0 Å². The summed E-state index contributed by atoms with van der Waals surface area (Å²) in [7, 11) is 3.55. The smallest absolute Gasteiger partial charge is 0.255 e. The Bertz CT molecular complexity index is 1220. The summed E-state index contributed by atoms with van der Waals surface area (Å²) in [4.78, 5) is 21.6. The fraction of sp³-hybridized carbons (Fsp3) is 0.385. The molecule has 0 radical (unpaired) electrons. The number of carbonyl (C=O) groups is 1. The number of rotatable bonds is 7. The maximum Gasteiger partial charge on any atom is 0.255 e. The van der Waals surface area contributed by atoms with Crippen molar-refractivity contribution in [3.63, 3.8) is 0 Å². The van der Waals surface area contributed by atoms with Gasteiger partial charge in [-0.05, 0) is 55.2 Å². The zero-order valence-corrected chi connectivity index (χ0v) is 20.3. The van der Waals surface area contributed by atoms with E-state index >= 15 is 0 Å². The number of methoxy groups -OCH3 is 1. The number of hydrogen-bond donors (Lipinski definition) is 1. The number of ether oxygens (including phenoxy) is 1. The second kappa shape index (κ2) is 10.7. The highest BCUT2D eigenvalue weighted by atomic mass is 16.5. The fourth-order valence-electron chi connectivity index (χ4n) is 4.49. The van der Waals surface area contributed by atoms with Crippen LogP contribution in [-0.2, 0) is 4.74 Å². The van der Waals surface area contributed by atoms with Crippen LogP contribution in [-0.4, -0.2) is 82.0 Å². The van der Waals surface area contributed by atoms with Crippen LogP contribution in [0.25, 0.3) is 16.9 Å². The highest BCUT2D eigenvalue weighted by molar-refractivity contribution is 5.94. The second-order valence-electron chi connectivity index (χ2n) is 8.82. The number of carbonyl (C=O) groups excluding carboxylic acids is 1. The molecule has 0 unspecified atom stereocenters. The molecule has 2 aromatic heterocycles. The van der Waals surface area contributed by atoms with E-state index in [1.807, 2.05) is 18.9 Å². The number of piperidine rings is 1. The summed E-state index contributed by atoms with van der Waals surface area (Å²) in [5.74, 6) is 0.283. The molecule has 0 saturated carbocycles. The van der Waals surface area contributed by atoms with Gasteiger partial charge in [-0.15, -0.1) is 0 Å². The van der Waals surface area contributed by atoms with Gasteiger partial charge in [0.15, 0.2) is 5.82 Å². The second-order valence-corrected chi connectivity index (χ2v) is 8.82. The maximum absolute atomic E-state index is 13.0. The van der Waals surface area contributed by atoms with Gasteiger partial charge in [0.2, 0.25) is 5.88 Å². The molecule has 0 aliphatic carbocycles. The van der Waals surface area contributed by atoms with Crippen molar-refractivity contribution in [3.05, 3.63) is 59.4 Å². The number of pyridine rings is 1. The van der Waals surface area contributed by atoms with Gasteiger partial charge in [0.1, 0.15) is 0 Å². The topological polar surface area (TPSA) is 108 Å². The summed E-state index contributed by atoms with van der Waals surface area (Å²) in [6.07, 6.45) is 4.94. The van der Waals surface area contributed by atoms with E-state index < -0.39 is 0 Å². The van der Waals surface area contributed by atoms with E-state index in [9.17, 15) is 9.90 Å². The number of likely N-dealkylation sites (tertiary alicyclic amines) is 1. The highest BCUT2D eigenvalue weighted by Gasteiger charge is 2.26. The minimum Gasteiger partial charge on any atom is -0.493 e. The third-order valence-corrected chi connectivity index (χ3v) is 6.64. The van der Waals surface area contributed by atoms with Crippen molar-refractivity contribution in [2.24, 2.45) is 0 Å². The molecule has 0 spiro atoms. The first-order chi connectivity index (χ1) is 16.9. The molecule has 1 amide bonds. The Morgan fingerprint density at radius 3 is 2.63 bits per heavy atom. The zero-order valence-electron chi connectivity index (χ0n) is 20.3. The lowest BCUT2D eigenvalue weighted by Crippen LogP contribution is -2.46. The molecular formula is C26H30N6O3. The van der Waals surface area contributed by atoms with Gasteiger partial charge in [-0.2, -0.15) is 15.0 Å². The molecule has 1 aromatic carbocycles. The van der Waals surface area contributed by atoms with Crippen LogP contribution in [0.5, 0.6) is 5.88 Å². The van der Waals surface area contributed by atoms with Gasteiger partial charge in [-0.25, -0.2) is 4.98 Å². The van der Waals surface area contributed by atoms with Crippen LogP contribution in [0, 0.1) is 18.3 Å². The number of aryl methyl sites for hydroxylation is 1. The number of benzene rings is 1. The number of nitriles is 1. The Balaban J connectivity index is 1.45. The first-order valence-corrected chi connectivity index (χ1v) is 11.7. The highest BCUT2D eigenvalue weighted by Crippen LogP contribution is 2.33. The number of aromatic hydroxyl groups is 1. The van der Waals surface area contributed by atoms with E-state index in [0.29, 0.717) is 22.5 Å². The Kier molecular flexibility index (Phi) is 7.44. The standard InChI is InChI=1S/C26H30N6O3/c1-18-14-19(15-27)4-6-22(18)23-17-29-32(26(23)34)24-7-5-20(16-28-24)25(33)30(2)21-8-10-31(11-9-21)12-13-35-3/h4-7,14,16-17,21,34H,8-13H2,1-3H3. The van der Waals surface area contributed by atoms with Gasteiger partial charge in [-0.1, -0.05) is 6.07 Å². The van der Waals surface area contributed by atoms with Crippen LogP contribution in [0.3, 0.4) is 0 Å². The molecule has 0 bridgehead atoms. The van der Waals surface area contributed by atoms with E-state index in [1.165, 1.54) is 10.9 Å². The normalized spacial score (nSPS) is 14.6. The average molecular weight is 475 g/mol. The summed E-state index contributed by atoms with van der Waals surface area (Å²) in [5, 5.41) is 24.2. The van der Waals surface area contributed by atoms with Crippen molar-refractivity contribution in [3.8, 4) is 28.9 Å². The maximum atomic E-state index is 13.0. The molecule has 1 fully saturated rings. The van der Waals surface area contributed by atoms with Crippen molar-refractivity contribution in [2.45, 2.75) is 25.8 Å². The molecular weight excluding hydrogens is 444 g/mol. The first-order valence-electron chi connectivity index (χ1n) is 11.7. The summed E-state index contributed by atoms with van der Waals surface area (Å²) in [5.41, 5.74) is 3.25. The average Bonchev–Trinajstić information content (AvgIpc) is 3.27. The van der Waals surface area contributed by atoms with E-state index in [1.54, 1.807) is 43.6 Å². The van der Waals surface area contributed by atoms with Crippen molar-refractivity contribution < 1.29 is 14.6 Å². The van der Waals surface area contributed by atoms with Crippen molar-refractivity contribution in [2.75, 3.05) is 40.4 Å². The molecule has 1 aliphatic heterocycles. The molecule has 9 nitrogen and oxygen atoms in total. The number of nitrogens with zero attached hydrogens (tertiary/aromatic N) is 6. The lowest BCUT2D eigenvalue weighted by molar-refractivity contribution is 0.0611. The predicted octanol–water partition coefficient (Wildman–Crippen LogP) is 3.00. The van der Waals surface area contributed by atoms with Gasteiger partial charge in [0.25, 0.3) is 5.91 Å². The van der Waals surface area contributed by atoms with Crippen LogP contribution in [0.2, 0.25) is 0 Å². The third-order valence-electron chi connectivity index (χ3n) is 6.64. The van der Waals surface area contributed by atoms with Crippen LogP contribution in [0.4, 0.5) is 0 Å². The zero-order chi connectivity index (χ0) is 24.9. The Labute approximate surface area is 205 Å². The summed E-state index contributed by atoms with van der Waals surface area (Å²) >= 11 is 0. The summed E-state index contributed by atoms with van der Waals surface area (Å²) in [6.45, 7) is 5.41. The largest absolute Gasteiger partial charge is 0.493 e.